The van der Waals surface area contributed by atoms with Crippen LogP contribution in [-0.4, -0.2) is 28.0 Å². The Labute approximate surface area is 114 Å². The highest BCUT2D eigenvalue weighted by Crippen LogP contribution is 2.25. The summed E-state index contributed by atoms with van der Waals surface area (Å²) in [4.78, 5) is 7.98. The molecule has 18 heavy (non-hydrogen) atoms. The van der Waals surface area contributed by atoms with Gasteiger partial charge in [-0.2, -0.15) is 0 Å². The number of hydrogen-bond acceptors (Lipinski definition) is 2. The predicted octanol–water partition coefficient (Wildman–Crippen LogP) is 2.65. The Hall–Kier alpha value is -1.33. The number of halogens is 1. The number of nitrogens with one attached hydrogen (secondary N) is 2. The number of likely N-dealkylation sites (N-methyl/N-ethyl adjacent to an activating group) is 1. The number of hydrogen-bond donors (Lipinski definition) is 2. The molecule has 4 nitrogen and oxygen atoms in total. The number of rotatable bonds is 3. The quantitative estimate of drug-likeness (QED) is 0.781. The number of imidazole rings is 2. The Morgan fingerprint density at radius 3 is 3.06 bits per heavy atom. The van der Waals surface area contributed by atoms with Gasteiger partial charge < -0.3 is 10.3 Å². The van der Waals surface area contributed by atoms with Crippen LogP contribution in [0.3, 0.4) is 0 Å². The van der Waals surface area contributed by atoms with Gasteiger partial charge in [0.15, 0.2) is 0 Å². The minimum Gasteiger partial charge on any atom is -0.326 e. The van der Waals surface area contributed by atoms with E-state index in [4.69, 9.17) is 0 Å². The second kappa shape index (κ2) is 4.40. The summed E-state index contributed by atoms with van der Waals surface area (Å²) >= 11 is 3.67. The van der Waals surface area contributed by atoms with E-state index < -0.39 is 0 Å². The predicted molar refractivity (Wildman–Crippen MR) is 77.1 cm³/mol. The van der Waals surface area contributed by atoms with Crippen molar-refractivity contribution in [3.8, 4) is 0 Å². The van der Waals surface area contributed by atoms with Crippen LogP contribution in [0.25, 0.3) is 16.8 Å². The topological polar surface area (TPSA) is 45.1 Å². The van der Waals surface area contributed by atoms with Gasteiger partial charge in [0.05, 0.1) is 16.7 Å². The van der Waals surface area contributed by atoms with Crippen LogP contribution in [0.2, 0.25) is 0 Å². The van der Waals surface area contributed by atoms with Gasteiger partial charge in [-0.05, 0) is 47.6 Å². The highest BCUT2D eigenvalue weighted by atomic mass is 79.9. The normalized spacial score (nSPS) is 11.7. The number of aryl methyl sites for hydroxylation is 1. The second-order valence-corrected chi connectivity index (χ2v) is 5.26. The van der Waals surface area contributed by atoms with Gasteiger partial charge in [-0.1, -0.05) is 6.07 Å². The molecule has 2 aromatic heterocycles. The van der Waals surface area contributed by atoms with Crippen LogP contribution in [0.5, 0.6) is 0 Å². The third-order valence-corrected chi connectivity index (χ3v) is 3.98. The first-order valence-corrected chi connectivity index (χ1v) is 6.80. The van der Waals surface area contributed by atoms with Crippen molar-refractivity contribution in [2.24, 2.45) is 0 Å². The first-order valence-electron chi connectivity index (χ1n) is 6.00. The zero-order chi connectivity index (χ0) is 12.7. The van der Waals surface area contributed by atoms with Crippen LogP contribution >= 0.6 is 15.9 Å². The Morgan fingerprint density at radius 1 is 1.44 bits per heavy atom. The Morgan fingerprint density at radius 2 is 2.28 bits per heavy atom. The van der Waals surface area contributed by atoms with Gasteiger partial charge in [0, 0.05) is 13.0 Å². The number of fused-ring (bicyclic) bond motifs is 3. The maximum Gasteiger partial charge on any atom is 0.213 e. The third kappa shape index (κ3) is 1.74. The van der Waals surface area contributed by atoms with Gasteiger partial charge >= 0.3 is 0 Å². The first kappa shape index (κ1) is 11.7. The van der Waals surface area contributed by atoms with Crippen molar-refractivity contribution in [3.05, 3.63) is 34.1 Å². The number of aromatic amines is 1. The summed E-state index contributed by atoms with van der Waals surface area (Å²) < 4.78 is 3.20. The number of nitrogens with zero attached hydrogens (tertiary/aromatic N) is 2. The molecule has 0 amide bonds. The highest BCUT2D eigenvalue weighted by molar-refractivity contribution is 9.10. The van der Waals surface area contributed by atoms with E-state index in [1.807, 2.05) is 7.05 Å². The fourth-order valence-electron chi connectivity index (χ4n) is 2.21. The van der Waals surface area contributed by atoms with E-state index in [9.17, 15) is 0 Å². The molecule has 0 aliphatic heterocycles. The van der Waals surface area contributed by atoms with Crippen molar-refractivity contribution >= 4 is 32.7 Å². The van der Waals surface area contributed by atoms with Crippen molar-refractivity contribution in [3.63, 3.8) is 0 Å². The van der Waals surface area contributed by atoms with Crippen molar-refractivity contribution in [1.82, 2.24) is 19.7 Å². The van der Waals surface area contributed by atoms with Gasteiger partial charge in [-0.3, -0.25) is 4.40 Å². The molecule has 0 saturated carbocycles. The summed E-state index contributed by atoms with van der Waals surface area (Å²) in [7, 11) is 1.96. The molecule has 1 aromatic carbocycles. The van der Waals surface area contributed by atoms with Crippen LogP contribution < -0.4 is 5.32 Å². The summed E-state index contributed by atoms with van der Waals surface area (Å²) in [5, 5.41) is 3.16. The number of benzene rings is 1. The smallest absolute Gasteiger partial charge is 0.213 e. The van der Waals surface area contributed by atoms with Gasteiger partial charge in [0.1, 0.15) is 4.60 Å². The largest absolute Gasteiger partial charge is 0.326 e. The Balaban J connectivity index is 2.22. The zero-order valence-corrected chi connectivity index (χ0v) is 12.0. The second-order valence-electron chi connectivity index (χ2n) is 4.51. The van der Waals surface area contributed by atoms with E-state index in [2.05, 4.69) is 60.7 Å². The lowest BCUT2D eigenvalue weighted by atomic mass is 10.2. The summed E-state index contributed by atoms with van der Waals surface area (Å²) in [6.45, 7) is 3.04. The first-order chi connectivity index (χ1) is 8.70. The fourth-order valence-corrected chi connectivity index (χ4v) is 2.86. The van der Waals surface area contributed by atoms with Crippen molar-refractivity contribution in [2.45, 2.75) is 13.3 Å². The molecule has 3 rings (SSSR count). The minimum absolute atomic E-state index is 0.897. The summed E-state index contributed by atoms with van der Waals surface area (Å²) in [5.74, 6) is 0.897. The molecular formula is C13H15BrN4. The van der Waals surface area contributed by atoms with Crippen LogP contribution in [0.4, 0.5) is 0 Å². The van der Waals surface area contributed by atoms with E-state index in [1.165, 1.54) is 11.3 Å². The molecule has 3 aromatic rings. The molecule has 0 unspecified atom stereocenters. The maximum atomic E-state index is 4.60. The average molecular weight is 307 g/mol. The molecule has 0 fully saturated rings. The molecule has 2 heterocycles. The summed E-state index contributed by atoms with van der Waals surface area (Å²) in [6.07, 6.45) is 0.952. The number of H-pyrrole nitrogens is 1. The van der Waals surface area contributed by atoms with Crippen LogP contribution in [-0.2, 0) is 6.42 Å². The molecule has 5 heteroatoms. The zero-order valence-electron chi connectivity index (χ0n) is 10.4. The van der Waals surface area contributed by atoms with Gasteiger partial charge in [-0.25, -0.2) is 4.98 Å². The minimum atomic E-state index is 0.897. The maximum absolute atomic E-state index is 4.60. The van der Waals surface area contributed by atoms with Gasteiger partial charge in [-0.15, -0.1) is 0 Å². The molecule has 2 N–H and O–H groups in total. The molecule has 94 valence electrons. The van der Waals surface area contributed by atoms with E-state index in [1.54, 1.807) is 0 Å². The van der Waals surface area contributed by atoms with Gasteiger partial charge in [0.25, 0.3) is 0 Å². The SMILES string of the molecule is CNCCc1[nH]c2nc3ccc(C)cc3n2c1Br. The molecule has 0 bridgehead atoms. The molecular weight excluding hydrogens is 292 g/mol. The fraction of sp³-hybridized carbons (Fsp3) is 0.308. The lowest BCUT2D eigenvalue weighted by Crippen LogP contribution is -2.10. The van der Waals surface area contributed by atoms with Crippen molar-refractivity contribution in [2.75, 3.05) is 13.6 Å². The molecule has 0 aliphatic carbocycles. The molecule has 0 saturated heterocycles. The molecule has 0 radical (unpaired) electrons. The lowest BCUT2D eigenvalue weighted by Gasteiger charge is -1.99. The van der Waals surface area contributed by atoms with E-state index >= 15 is 0 Å². The van der Waals surface area contributed by atoms with Crippen LogP contribution in [0, 0.1) is 6.92 Å². The van der Waals surface area contributed by atoms with E-state index in [0.29, 0.717) is 0 Å². The standard InChI is InChI=1S/C13H15BrN4/c1-8-3-4-9-11(7-8)18-12(14)10(5-6-15-2)17-13(18)16-9/h3-4,7,15H,5-6H2,1-2H3,(H,16,17). The van der Waals surface area contributed by atoms with E-state index in [-0.39, 0.29) is 0 Å². The molecule has 0 atom stereocenters. The average Bonchev–Trinajstić information content (AvgIpc) is 2.84. The van der Waals surface area contributed by atoms with Crippen molar-refractivity contribution in [1.29, 1.82) is 0 Å². The monoisotopic (exact) mass is 306 g/mol. The number of aromatic nitrogens is 3. The van der Waals surface area contributed by atoms with E-state index in [0.717, 1.165) is 34.4 Å². The molecule has 0 aliphatic rings. The third-order valence-electron chi connectivity index (χ3n) is 3.14. The van der Waals surface area contributed by atoms with Crippen LogP contribution in [0.1, 0.15) is 11.3 Å². The summed E-state index contributed by atoms with van der Waals surface area (Å²) in [5.41, 5.74) is 4.58. The lowest BCUT2D eigenvalue weighted by molar-refractivity contribution is 0.777. The van der Waals surface area contributed by atoms with Crippen molar-refractivity contribution < 1.29 is 0 Å². The van der Waals surface area contributed by atoms with Crippen LogP contribution in [0.15, 0.2) is 22.8 Å². The Bertz CT molecular complexity index is 710. The van der Waals surface area contributed by atoms with Gasteiger partial charge in [0.2, 0.25) is 5.78 Å². The Kier molecular flexibility index (Phi) is 2.87. The highest BCUT2D eigenvalue weighted by Gasteiger charge is 2.13. The molecule has 0 spiro atoms. The summed E-state index contributed by atoms with van der Waals surface area (Å²) in [6, 6.07) is 6.31.